The lowest BCUT2D eigenvalue weighted by Crippen LogP contribution is -2.32. The van der Waals surface area contributed by atoms with E-state index in [1.54, 1.807) is 11.9 Å². The third kappa shape index (κ3) is 2.21. The molecule has 84 valence electrons. The van der Waals surface area contributed by atoms with Gasteiger partial charge in [-0.05, 0) is 0 Å². The second-order valence-corrected chi connectivity index (χ2v) is 3.50. The van der Waals surface area contributed by atoms with Gasteiger partial charge in [-0.25, -0.2) is 4.68 Å². The van der Waals surface area contributed by atoms with Crippen molar-refractivity contribution in [3.8, 4) is 0 Å². The Hall–Kier alpha value is -1.27. The van der Waals surface area contributed by atoms with E-state index in [1.807, 2.05) is 0 Å². The zero-order chi connectivity index (χ0) is 11.6. The summed E-state index contributed by atoms with van der Waals surface area (Å²) in [7, 11) is 3.14. The monoisotopic (exact) mass is 232 g/mol. The largest absolute Gasteiger partial charge is 0.395 e. The van der Waals surface area contributed by atoms with Gasteiger partial charge in [-0.1, -0.05) is 11.6 Å². The molecule has 0 spiro atoms. The van der Waals surface area contributed by atoms with Gasteiger partial charge >= 0.3 is 0 Å². The molecule has 0 bridgehead atoms. The lowest BCUT2D eigenvalue weighted by molar-refractivity contribution is 0.304. The first-order valence-corrected chi connectivity index (χ1v) is 4.71. The summed E-state index contributed by atoms with van der Waals surface area (Å²) in [6, 6.07) is 0. The quantitative estimate of drug-likeness (QED) is 0.730. The van der Waals surface area contributed by atoms with Crippen LogP contribution in [0.4, 0.5) is 11.5 Å². The highest BCUT2D eigenvalue weighted by molar-refractivity contribution is 6.35. The van der Waals surface area contributed by atoms with Crippen LogP contribution in [-0.4, -0.2) is 35.1 Å². The number of halogens is 1. The number of nitrogens with two attached hydrogens (primary N) is 1. The summed E-state index contributed by atoms with van der Waals surface area (Å²) in [5.41, 5.74) is 5.44. The summed E-state index contributed by atoms with van der Waals surface area (Å²) >= 11 is 5.88. The Bertz CT molecular complexity index is 418. The molecule has 0 aromatic carbocycles. The molecule has 0 amide bonds. The Balaban J connectivity index is 3.33. The van der Waals surface area contributed by atoms with Crippen molar-refractivity contribution in [1.82, 2.24) is 9.78 Å². The smallest absolute Gasteiger partial charge is 0.291 e. The first kappa shape index (κ1) is 11.8. The zero-order valence-electron chi connectivity index (χ0n) is 8.57. The van der Waals surface area contributed by atoms with E-state index < -0.39 is 0 Å². The van der Waals surface area contributed by atoms with E-state index in [-0.39, 0.29) is 28.7 Å². The Morgan fingerprint density at radius 2 is 2.27 bits per heavy atom. The minimum absolute atomic E-state index is 0.0712. The molecule has 7 heteroatoms. The number of nitrogens with zero attached hydrogens (tertiary/aromatic N) is 3. The van der Waals surface area contributed by atoms with Gasteiger partial charge in [-0.3, -0.25) is 4.79 Å². The highest BCUT2D eigenvalue weighted by atomic mass is 35.5. The van der Waals surface area contributed by atoms with Crippen molar-refractivity contribution in [2.24, 2.45) is 7.05 Å². The molecule has 1 heterocycles. The minimum Gasteiger partial charge on any atom is -0.395 e. The summed E-state index contributed by atoms with van der Waals surface area (Å²) in [6.45, 7) is 0.233. The van der Waals surface area contributed by atoms with Crippen LogP contribution in [0.2, 0.25) is 5.02 Å². The molecule has 0 unspecified atom stereocenters. The van der Waals surface area contributed by atoms with Gasteiger partial charge < -0.3 is 15.7 Å². The van der Waals surface area contributed by atoms with Crippen LogP contribution in [0, 0.1) is 0 Å². The number of rotatable bonds is 3. The van der Waals surface area contributed by atoms with Crippen LogP contribution in [0.3, 0.4) is 0 Å². The molecule has 1 aromatic heterocycles. The highest BCUT2D eigenvalue weighted by Gasteiger charge is 2.15. The van der Waals surface area contributed by atoms with E-state index in [4.69, 9.17) is 22.4 Å². The zero-order valence-corrected chi connectivity index (χ0v) is 9.32. The molecule has 0 saturated heterocycles. The Morgan fingerprint density at radius 3 is 2.80 bits per heavy atom. The molecule has 0 aliphatic heterocycles. The Labute approximate surface area is 91.9 Å². The van der Waals surface area contributed by atoms with Crippen molar-refractivity contribution >= 4 is 23.1 Å². The molecule has 1 aromatic rings. The maximum atomic E-state index is 11.7. The van der Waals surface area contributed by atoms with Gasteiger partial charge in [0.15, 0.2) is 5.82 Å². The summed E-state index contributed by atoms with van der Waals surface area (Å²) in [4.78, 5) is 13.2. The SMILES string of the molecule is CN(CCO)c1c(Cl)c(N)nn(C)c1=O. The molecule has 0 fully saturated rings. The van der Waals surface area contributed by atoms with Gasteiger partial charge in [0.25, 0.3) is 5.56 Å². The second kappa shape index (κ2) is 4.50. The predicted octanol–water partition coefficient (Wildman–Crippen LogP) is -0.556. The third-order valence-corrected chi connectivity index (χ3v) is 2.38. The van der Waals surface area contributed by atoms with Crippen molar-refractivity contribution in [2.45, 2.75) is 0 Å². The first-order chi connectivity index (χ1) is 6.99. The van der Waals surface area contributed by atoms with Gasteiger partial charge in [0.1, 0.15) is 10.7 Å². The molecule has 1 rings (SSSR count). The molecular formula is C8H13ClN4O2. The van der Waals surface area contributed by atoms with Gasteiger partial charge in [0.2, 0.25) is 0 Å². The summed E-state index contributed by atoms with van der Waals surface area (Å²) in [6.07, 6.45) is 0. The summed E-state index contributed by atoms with van der Waals surface area (Å²) in [5.74, 6) is 0.0959. The number of aliphatic hydroxyl groups excluding tert-OH is 1. The Morgan fingerprint density at radius 1 is 1.67 bits per heavy atom. The average molecular weight is 233 g/mol. The van der Waals surface area contributed by atoms with Crippen LogP contribution < -0.4 is 16.2 Å². The molecule has 0 aliphatic rings. The van der Waals surface area contributed by atoms with Crippen molar-refractivity contribution in [2.75, 3.05) is 30.8 Å². The van der Waals surface area contributed by atoms with Crippen LogP contribution >= 0.6 is 11.6 Å². The molecule has 6 nitrogen and oxygen atoms in total. The van der Waals surface area contributed by atoms with E-state index >= 15 is 0 Å². The number of nitrogen functional groups attached to an aromatic ring is 1. The van der Waals surface area contributed by atoms with Gasteiger partial charge in [-0.15, -0.1) is 0 Å². The van der Waals surface area contributed by atoms with Gasteiger partial charge in [-0.2, -0.15) is 5.10 Å². The number of hydrogen-bond acceptors (Lipinski definition) is 5. The lowest BCUT2D eigenvalue weighted by Gasteiger charge is -2.19. The van der Waals surface area contributed by atoms with Crippen molar-refractivity contribution in [3.63, 3.8) is 0 Å². The lowest BCUT2D eigenvalue weighted by atomic mass is 10.4. The van der Waals surface area contributed by atoms with E-state index in [1.165, 1.54) is 7.05 Å². The summed E-state index contributed by atoms with van der Waals surface area (Å²) < 4.78 is 1.12. The van der Waals surface area contributed by atoms with Crippen LogP contribution in [0.25, 0.3) is 0 Å². The van der Waals surface area contributed by atoms with Crippen LogP contribution in [0.15, 0.2) is 4.79 Å². The highest BCUT2D eigenvalue weighted by Crippen LogP contribution is 2.24. The molecular weight excluding hydrogens is 220 g/mol. The van der Waals surface area contributed by atoms with Crippen molar-refractivity contribution in [1.29, 1.82) is 0 Å². The predicted molar refractivity (Wildman–Crippen MR) is 59.3 cm³/mol. The number of hydrogen-bond donors (Lipinski definition) is 2. The molecule has 0 atom stereocenters. The normalized spacial score (nSPS) is 10.4. The van der Waals surface area contributed by atoms with E-state index in [9.17, 15) is 4.79 Å². The van der Waals surface area contributed by atoms with Crippen molar-refractivity contribution < 1.29 is 5.11 Å². The van der Waals surface area contributed by atoms with E-state index in [0.29, 0.717) is 6.54 Å². The molecule has 0 radical (unpaired) electrons. The fraction of sp³-hybridized carbons (Fsp3) is 0.500. The number of anilines is 2. The fourth-order valence-corrected chi connectivity index (χ4v) is 1.47. The number of aliphatic hydroxyl groups is 1. The van der Waals surface area contributed by atoms with Crippen LogP contribution in [0.5, 0.6) is 0 Å². The maximum absolute atomic E-state index is 11.7. The number of aryl methyl sites for hydroxylation is 1. The minimum atomic E-state index is -0.342. The molecule has 3 N–H and O–H groups in total. The maximum Gasteiger partial charge on any atom is 0.291 e. The van der Waals surface area contributed by atoms with E-state index in [2.05, 4.69) is 5.10 Å². The first-order valence-electron chi connectivity index (χ1n) is 4.33. The van der Waals surface area contributed by atoms with E-state index in [0.717, 1.165) is 4.68 Å². The second-order valence-electron chi connectivity index (χ2n) is 3.12. The number of likely N-dealkylation sites (N-methyl/N-ethyl adjacent to an activating group) is 1. The summed E-state index contributed by atoms with van der Waals surface area (Å²) in [5, 5.41) is 12.6. The third-order valence-electron chi connectivity index (χ3n) is 2.00. The van der Waals surface area contributed by atoms with Crippen LogP contribution in [-0.2, 0) is 7.05 Å². The molecule has 0 saturated carbocycles. The molecule has 0 aliphatic carbocycles. The Kier molecular flexibility index (Phi) is 3.54. The fourth-order valence-electron chi connectivity index (χ4n) is 1.21. The van der Waals surface area contributed by atoms with Crippen molar-refractivity contribution in [3.05, 3.63) is 15.4 Å². The van der Waals surface area contributed by atoms with Crippen LogP contribution in [0.1, 0.15) is 0 Å². The van der Waals surface area contributed by atoms with Gasteiger partial charge in [0, 0.05) is 20.6 Å². The molecule has 15 heavy (non-hydrogen) atoms. The number of aromatic nitrogens is 2. The average Bonchev–Trinajstić information content (AvgIpc) is 2.16. The topological polar surface area (TPSA) is 84.4 Å². The standard InChI is InChI=1S/C8H13ClN4O2/c1-12(3-4-14)6-5(9)7(10)11-13(2)8(6)15/h14H,3-4H2,1-2H3,(H2,10,11). The van der Waals surface area contributed by atoms with Gasteiger partial charge in [0.05, 0.1) is 6.61 Å².